The zero-order valence-corrected chi connectivity index (χ0v) is 25.1. The number of sulfonamides is 1. The van der Waals surface area contributed by atoms with Crippen molar-refractivity contribution in [3.8, 4) is 5.75 Å². The maximum atomic E-state index is 13.9. The van der Waals surface area contributed by atoms with Crippen LogP contribution in [0.15, 0.2) is 77.7 Å². The van der Waals surface area contributed by atoms with E-state index in [1.54, 1.807) is 49.4 Å². The Bertz CT molecular complexity index is 1420. The number of hydrogen-bond donors (Lipinski definition) is 1. The molecule has 3 rings (SSSR count). The highest BCUT2D eigenvalue weighted by Crippen LogP contribution is 2.32. The first-order valence-electron chi connectivity index (χ1n) is 12.7. The fourth-order valence-corrected chi connectivity index (χ4v) is 5.70. The summed E-state index contributed by atoms with van der Waals surface area (Å²) in [5.74, 6) is -0.566. The van der Waals surface area contributed by atoms with Crippen molar-refractivity contribution in [2.45, 2.75) is 50.7 Å². The molecule has 8 nitrogen and oxygen atoms in total. The minimum atomic E-state index is -4.20. The van der Waals surface area contributed by atoms with Crippen LogP contribution in [0.2, 0.25) is 10.0 Å². The van der Waals surface area contributed by atoms with Crippen LogP contribution >= 0.6 is 23.2 Å². The van der Waals surface area contributed by atoms with Crippen molar-refractivity contribution in [1.82, 2.24) is 10.2 Å². The van der Waals surface area contributed by atoms with E-state index in [1.807, 2.05) is 13.8 Å². The van der Waals surface area contributed by atoms with Crippen LogP contribution in [0.1, 0.15) is 32.8 Å². The Morgan fingerprint density at radius 1 is 0.975 bits per heavy atom. The molecule has 1 N–H and O–H groups in total. The first kappa shape index (κ1) is 31.3. The van der Waals surface area contributed by atoms with E-state index in [4.69, 9.17) is 27.9 Å². The molecular weight excluding hydrogens is 573 g/mol. The van der Waals surface area contributed by atoms with Crippen LogP contribution in [-0.4, -0.2) is 50.9 Å². The van der Waals surface area contributed by atoms with Gasteiger partial charge in [0.05, 0.1) is 22.7 Å². The maximum absolute atomic E-state index is 13.9. The van der Waals surface area contributed by atoms with Gasteiger partial charge >= 0.3 is 0 Å². The largest absolute Gasteiger partial charge is 0.495 e. The van der Waals surface area contributed by atoms with Crippen molar-refractivity contribution in [3.05, 3.63) is 88.4 Å². The lowest BCUT2D eigenvalue weighted by atomic mass is 10.1. The Morgan fingerprint density at radius 2 is 1.62 bits per heavy atom. The zero-order valence-electron chi connectivity index (χ0n) is 22.8. The number of rotatable bonds is 12. The van der Waals surface area contributed by atoms with Gasteiger partial charge in [-0.25, -0.2) is 8.42 Å². The molecule has 0 spiro atoms. The molecule has 2 atom stereocenters. The van der Waals surface area contributed by atoms with Crippen molar-refractivity contribution >= 4 is 50.7 Å². The third-order valence-electron chi connectivity index (χ3n) is 6.47. The number of amides is 2. The Morgan fingerprint density at radius 3 is 2.20 bits per heavy atom. The summed E-state index contributed by atoms with van der Waals surface area (Å²) in [5, 5.41) is 3.61. The van der Waals surface area contributed by atoms with Gasteiger partial charge < -0.3 is 15.0 Å². The summed E-state index contributed by atoms with van der Waals surface area (Å²) >= 11 is 12.4. The molecule has 214 valence electrons. The Balaban J connectivity index is 2.04. The highest BCUT2D eigenvalue weighted by atomic mass is 35.5. The summed E-state index contributed by atoms with van der Waals surface area (Å²) in [4.78, 5) is 28.4. The van der Waals surface area contributed by atoms with E-state index in [2.05, 4.69) is 5.32 Å². The van der Waals surface area contributed by atoms with Crippen LogP contribution in [0, 0.1) is 0 Å². The summed E-state index contributed by atoms with van der Waals surface area (Å²) in [7, 11) is -2.75. The molecule has 0 unspecified atom stereocenters. The average molecular weight is 607 g/mol. The lowest BCUT2D eigenvalue weighted by molar-refractivity contribution is -0.139. The van der Waals surface area contributed by atoms with Gasteiger partial charge in [0.25, 0.3) is 10.0 Å². The number of nitrogens with zero attached hydrogens (tertiary/aromatic N) is 2. The molecule has 0 aliphatic rings. The van der Waals surface area contributed by atoms with Crippen LogP contribution in [0.3, 0.4) is 0 Å². The molecule has 0 saturated carbocycles. The first-order valence-corrected chi connectivity index (χ1v) is 14.9. The second-order valence-electron chi connectivity index (χ2n) is 9.29. The van der Waals surface area contributed by atoms with Crippen LogP contribution in [-0.2, 0) is 26.2 Å². The number of nitrogens with one attached hydrogen (secondary N) is 1. The topological polar surface area (TPSA) is 96.0 Å². The summed E-state index contributed by atoms with van der Waals surface area (Å²) in [5.41, 5.74) is 0.900. The van der Waals surface area contributed by atoms with Gasteiger partial charge in [-0.15, -0.1) is 0 Å². The quantitative estimate of drug-likeness (QED) is 0.293. The fourth-order valence-electron chi connectivity index (χ4n) is 3.89. The van der Waals surface area contributed by atoms with Crippen LogP contribution in [0.5, 0.6) is 5.75 Å². The standard InChI is InChI=1S/C29H33Cl2N3O5S/c1-5-20(2)32-29(36)21(3)33(18-22-11-13-23(30)14-12-22)28(35)19-34(24-15-16-27(39-4)26(31)17-24)40(37,38)25-9-7-6-8-10-25/h6-17,20-21H,5,18-19H2,1-4H3,(H,32,36)/t20-,21+/m1/s1. The number of halogens is 2. The highest BCUT2D eigenvalue weighted by molar-refractivity contribution is 7.92. The van der Waals surface area contributed by atoms with Crippen molar-refractivity contribution in [3.63, 3.8) is 0 Å². The third-order valence-corrected chi connectivity index (χ3v) is 8.80. The fraction of sp³-hybridized carbons (Fsp3) is 0.310. The molecule has 2 amide bonds. The number of benzene rings is 3. The predicted octanol–water partition coefficient (Wildman–Crippen LogP) is 5.53. The van der Waals surface area contributed by atoms with Gasteiger partial charge in [0.15, 0.2) is 0 Å². The lowest BCUT2D eigenvalue weighted by Crippen LogP contribution is -2.52. The van der Waals surface area contributed by atoms with Gasteiger partial charge in [-0.1, -0.05) is 60.5 Å². The number of methoxy groups -OCH3 is 1. The highest BCUT2D eigenvalue weighted by Gasteiger charge is 2.33. The van der Waals surface area contributed by atoms with Gasteiger partial charge in [-0.2, -0.15) is 0 Å². The van der Waals surface area contributed by atoms with Crippen molar-refractivity contribution in [1.29, 1.82) is 0 Å². The Kier molecular flexibility index (Phi) is 10.8. The van der Waals surface area contributed by atoms with E-state index in [9.17, 15) is 18.0 Å². The molecule has 11 heteroatoms. The number of carbonyl (C=O) groups excluding carboxylic acids is 2. The van der Waals surface area contributed by atoms with Crippen molar-refractivity contribution in [2.24, 2.45) is 0 Å². The average Bonchev–Trinajstić information content (AvgIpc) is 2.95. The summed E-state index contributed by atoms with van der Waals surface area (Å²) in [6, 6.07) is 18.2. The van der Waals surface area contributed by atoms with Crippen LogP contribution < -0.4 is 14.4 Å². The number of ether oxygens (including phenoxy) is 1. The van der Waals surface area contributed by atoms with E-state index >= 15 is 0 Å². The monoisotopic (exact) mass is 605 g/mol. The van der Waals surface area contributed by atoms with Gasteiger partial charge in [0, 0.05) is 17.6 Å². The Hall–Kier alpha value is -3.27. The van der Waals surface area contributed by atoms with Gasteiger partial charge in [-0.3, -0.25) is 13.9 Å². The molecule has 0 aliphatic heterocycles. The number of anilines is 1. The molecule has 0 heterocycles. The summed E-state index contributed by atoms with van der Waals surface area (Å²) < 4.78 is 33.9. The molecule has 0 bridgehead atoms. The van der Waals surface area contributed by atoms with Crippen LogP contribution in [0.25, 0.3) is 0 Å². The van der Waals surface area contributed by atoms with Crippen LogP contribution in [0.4, 0.5) is 5.69 Å². The molecular formula is C29H33Cl2N3O5S. The molecule has 0 saturated heterocycles. The predicted molar refractivity (Wildman–Crippen MR) is 158 cm³/mol. The van der Waals surface area contributed by atoms with Crippen molar-refractivity contribution in [2.75, 3.05) is 18.0 Å². The van der Waals surface area contributed by atoms with Gasteiger partial charge in [0.2, 0.25) is 11.8 Å². The normalized spacial score (nSPS) is 12.8. The lowest BCUT2D eigenvalue weighted by Gasteiger charge is -2.32. The Labute approximate surface area is 245 Å². The second kappa shape index (κ2) is 13.9. The SMILES string of the molecule is CC[C@@H](C)NC(=O)[C@H](C)N(Cc1ccc(Cl)cc1)C(=O)CN(c1ccc(OC)c(Cl)c1)S(=O)(=O)c1ccccc1. The molecule has 3 aromatic carbocycles. The first-order chi connectivity index (χ1) is 19.0. The number of carbonyl (C=O) groups is 2. The van der Waals surface area contributed by atoms with E-state index < -0.39 is 28.5 Å². The molecule has 0 radical (unpaired) electrons. The minimum absolute atomic E-state index is 0.00144. The zero-order chi connectivity index (χ0) is 29.4. The smallest absolute Gasteiger partial charge is 0.264 e. The molecule has 40 heavy (non-hydrogen) atoms. The van der Waals surface area contributed by atoms with Gasteiger partial charge in [-0.05, 0) is 68.3 Å². The van der Waals surface area contributed by atoms with E-state index in [-0.39, 0.29) is 34.1 Å². The van der Waals surface area contributed by atoms with Gasteiger partial charge in [0.1, 0.15) is 18.3 Å². The third kappa shape index (κ3) is 7.68. The van der Waals surface area contributed by atoms with E-state index in [1.165, 1.54) is 42.3 Å². The molecule has 0 aliphatic carbocycles. The summed E-state index contributed by atoms with van der Waals surface area (Å²) in [6.07, 6.45) is 0.713. The molecule has 3 aromatic rings. The minimum Gasteiger partial charge on any atom is -0.495 e. The second-order valence-corrected chi connectivity index (χ2v) is 12.0. The molecule has 0 fully saturated rings. The van der Waals surface area contributed by atoms with Crippen molar-refractivity contribution < 1.29 is 22.7 Å². The maximum Gasteiger partial charge on any atom is 0.264 e. The van der Waals surface area contributed by atoms with E-state index in [0.29, 0.717) is 17.2 Å². The van der Waals surface area contributed by atoms with E-state index in [0.717, 1.165) is 9.87 Å². The number of hydrogen-bond acceptors (Lipinski definition) is 5. The summed E-state index contributed by atoms with van der Waals surface area (Å²) in [6.45, 7) is 4.92. The molecule has 0 aromatic heterocycles.